The van der Waals surface area contributed by atoms with Crippen LogP contribution in [0.2, 0.25) is 0 Å². The van der Waals surface area contributed by atoms with Crippen LogP contribution in [0.25, 0.3) is 22.3 Å². The lowest BCUT2D eigenvalue weighted by Gasteiger charge is -2.36. The van der Waals surface area contributed by atoms with Crippen LogP contribution >= 0.6 is 0 Å². The van der Waals surface area contributed by atoms with Gasteiger partial charge in [-0.1, -0.05) is 26.0 Å². The number of halogens is 1. The first-order chi connectivity index (χ1) is 16.4. The summed E-state index contributed by atoms with van der Waals surface area (Å²) in [4.78, 5) is 18.7. The van der Waals surface area contributed by atoms with Crippen LogP contribution in [0, 0.1) is 17.7 Å². The predicted octanol–water partition coefficient (Wildman–Crippen LogP) is 5.30. The minimum atomic E-state index is -0.260. The summed E-state index contributed by atoms with van der Waals surface area (Å²) in [5.41, 5.74) is 11.6. The average Bonchev–Trinajstić information content (AvgIpc) is 2.84. The summed E-state index contributed by atoms with van der Waals surface area (Å²) >= 11 is 0. The molecule has 2 aliphatic rings. The van der Waals surface area contributed by atoms with Crippen molar-refractivity contribution < 1.29 is 9.18 Å². The molecule has 1 saturated heterocycles. The minimum Gasteiger partial charge on any atom is -0.383 e. The summed E-state index contributed by atoms with van der Waals surface area (Å²) in [5, 5.41) is 2.86. The normalized spacial score (nSPS) is 18.1. The van der Waals surface area contributed by atoms with Gasteiger partial charge in [-0.05, 0) is 72.6 Å². The predicted molar refractivity (Wildman–Crippen MR) is 135 cm³/mol. The molecule has 1 atom stereocenters. The number of pyridine rings is 1. The lowest BCUT2D eigenvalue weighted by atomic mass is 9.87. The Hall–Kier alpha value is -3.41. The monoisotopic (exact) mass is 458 g/mol. The highest BCUT2D eigenvalue weighted by molar-refractivity contribution is 5.97. The van der Waals surface area contributed by atoms with Crippen molar-refractivity contribution in [3.63, 3.8) is 0 Å². The SMILES string of the molecule is CC(C)C1CCCN(c2ccc(-c3cnc(N)c(-c4ccc5c(c4)CCNC5=O)c3)c(F)c2)C1. The second-order valence-electron chi connectivity index (χ2n) is 9.79. The van der Waals surface area contributed by atoms with Crippen LogP contribution in [0.3, 0.4) is 0 Å². The first kappa shape index (κ1) is 22.4. The highest BCUT2D eigenvalue weighted by Gasteiger charge is 2.23. The van der Waals surface area contributed by atoms with Gasteiger partial charge in [0.2, 0.25) is 0 Å². The molecule has 176 valence electrons. The number of fused-ring (bicyclic) bond motifs is 1. The number of amides is 1. The standard InChI is InChI=1S/C28H31FN4O/c1-17(2)20-4-3-11-33(16-20)22-6-8-23(26(29)14-22)21-13-25(27(30)32-15-21)18-5-7-24-19(12-18)9-10-31-28(24)34/h5-8,12-15,17,20H,3-4,9-11,16H2,1-2H3,(H2,30,32)(H,31,34). The van der Waals surface area contributed by atoms with Crippen LogP contribution in [-0.2, 0) is 6.42 Å². The molecule has 6 heteroatoms. The Kier molecular flexibility index (Phi) is 5.98. The van der Waals surface area contributed by atoms with Crippen molar-refractivity contribution in [2.75, 3.05) is 30.3 Å². The van der Waals surface area contributed by atoms with Gasteiger partial charge in [0.05, 0.1) is 0 Å². The summed E-state index contributed by atoms with van der Waals surface area (Å²) < 4.78 is 15.3. The van der Waals surface area contributed by atoms with Gasteiger partial charge in [0.1, 0.15) is 11.6 Å². The quantitative estimate of drug-likeness (QED) is 0.557. The number of piperidine rings is 1. The maximum absolute atomic E-state index is 15.3. The molecule has 3 aromatic rings. The van der Waals surface area contributed by atoms with E-state index in [1.54, 1.807) is 12.3 Å². The highest BCUT2D eigenvalue weighted by atomic mass is 19.1. The number of anilines is 2. The molecule has 0 radical (unpaired) electrons. The van der Waals surface area contributed by atoms with E-state index >= 15 is 4.39 Å². The number of nitrogens with two attached hydrogens (primary N) is 1. The van der Waals surface area contributed by atoms with Crippen LogP contribution in [0.5, 0.6) is 0 Å². The molecule has 1 aromatic heterocycles. The number of aromatic nitrogens is 1. The molecular weight excluding hydrogens is 427 g/mol. The number of nitrogens with zero attached hydrogens (tertiary/aromatic N) is 2. The molecule has 1 amide bonds. The molecule has 0 bridgehead atoms. The second-order valence-corrected chi connectivity index (χ2v) is 9.79. The largest absolute Gasteiger partial charge is 0.383 e. The van der Waals surface area contributed by atoms with Gasteiger partial charge in [0, 0.05) is 53.8 Å². The number of carbonyl (C=O) groups excluding carboxylic acids is 1. The molecule has 3 N–H and O–H groups in total. The van der Waals surface area contributed by atoms with Crippen molar-refractivity contribution in [3.8, 4) is 22.3 Å². The zero-order valence-electron chi connectivity index (χ0n) is 19.8. The van der Waals surface area contributed by atoms with Gasteiger partial charge >= 0.3 is 0 Å². The van der Waals surface area contributed by atoms with E-state index in [0.29, 0.717) is 40.9 Å². The molecule has 1 fully saturated rings. The Morgan fingerprint density at radius 1 is 1.09 bits per heavy atom. The van der Waals surface area contributed by atoms with E-state index in [2.05, 4.69) is 29.0 Å². The van der Waals surface area contributed by atoms with Gasteiger partial charge in [0.15, 0.2) is 0 Å². The Labute approximate surface area is 200 Å². The van der Waals surface area contributed by atoms with Crippen LogP contribution in [-0.4, -0.2) is 30.5 Å². The Morgan fingerprint density at radius 3 is 2.71 bits per heavy atom. The zero-order chi connectivity index (χ0) is 23.8. The van der Waals surface area contributed by atoms with Crippen LogP contribution in [0.1, 0.15) is 42.6 Å². The van der Waals surface area contributed by atoms with Gasteiger partial charge in [-0.2, -0.15) is 0 Å². The van der Waals surface area contributed by atoms with Gasteiger partial charge in [0.25, 0.3) is 5.91 Å². The highest BCUT2D eigenvalue weighted by Crippen LogP contribution is 2.34. The van der Waals surface area contributed by atoms with Crippen molar-refractivity contribution in [2.24, 2.45) is 11.8 Å². The van der Waals surface area contributed by atoms with E-state index in [0.717, 1.165) is 48.3 Å². The van der Waals surface area contributed by atoms with E-state index in [4.69, 9.17) is 5.73 Å². The summed E-state index contributed by atoms with van der Waals surface area (Å²) in [6, 6.07) is 13.1. The van der Waals surface area contributed by atoms with Gasteiger partial charge in [-0.3, -0.25) is 4.79 Å². The first-order valence-electron chi connectivity index (χ1n) is 12.1. The second kappa shape index (κ2) is 9.09. The molecule has 2 aliphatic heterocycles. The molecule has 34 heavy (non-hydrogen) atoms. The smallest absolute Gasteiger partial charge is 0.251 e. The van der Waals surface area contributed by atoms with E-state index in [1.165, 1.54) is 6.42 Å². The van der Waals surface area contributed by atoms with Crippen molar-refractivity contribution in [3.05, 3.63) is 65.6 Å². The number of hydrogen-bond donors (Lipinski definition) is 2. The Bertz CT molecular complexity index is 1240. The number of benzene rings is 2. The van der Waals surface area contributed by atoms with Crippen molar-refractivity contribution in [1.82, 2.24) is 10.3 Å². The van der Waals surface area contributed by atoms with Gasteiger partial charge in [-0.15, -0.1) is 0 Å². The van der Waals surface area contributed by atoms with E-state index < -0.39 is 0 Å². The van der Waals surface area contributed by atoms with Gasteiger partial charge in [-0.25, -0.2) is 9.37 Å². The topological polar surface area (TPSA) is 71.2 Å². The third kappa shape index (κ3) is 4.25. The zero-order valence-corrected chi connectivity index (χ0v) is 19.8. The minimum absolute atomic E-state index is 0.0526. The number of nitrogen functional groups attached to an aromatic ring is 1. The van der Waals surface area contributed by atoms with Crippen LogP contribution < -0.4 is 16.0 Å². The third-order valence-corrected chi connectivity index (χ3v) is 7.29. The third-order valence-electron chi connectivity index (χ3n) is 7.29. The molecular formula is C28H31FN4O. The fourth-order valence-corrected chi connectivity index (χ4v) is 5.17. The number of hydrogen-bond acceptors (Lipinski definition) is 4. The lowest BCUT2D eigenvalue weighted by molar-refractivity contribution is 0.0946. The summed E-state index contributed by atoms with van der Waals surface area (Å²) in [7, 11) is 0. The van der Waals surface area contributed by atoms with E-state index in [9.17, 15) is 4.79 Å². The number of rotatable bonds is 4. The maximum Gasteiger partial charge on any atom is 0.251 e. The molecule has 2 aromatic carbocycles. The fourth-order valence-electron chi connectivity index (χ4n) is 5.17. The molecule has 5 rings (SSSR count). The maximum atomic E-state index is 15.3. The molecule has 0 saturated carbocycles. The summed E-state index contributed by atoms with van der Waals surface area (Å²) in [6.45, 7) is 7.09. The van der Waals surface area contributed by atoms with Crippen LogP contribution in [0.4, 0.5) is 15.9 Å². The summed E-state index contributed by atoms with van der Waals surface area (Å²) in [5.74, 6) is 1.34. The molecule has 1 unspecified atom stereocenters. The molecule has 0 spiro atoms. The van der Waals surface area contributed by atoms with Crippen LogP contribution in [0.15, 0.2) is 48.7 Å². The Balaban J connectivity index is 1.45. The molecule has 0 aliphatic carbocycles. The molecule has 5 nitrogen and oxygen atoms in total. The van der Waals surface area contributed by atoms with E-state index in [1.807, 2.05) is 36.4 Å². The lowest BCUT2D eigenvalue weighted by Crippen LogP contribution is -2.37. The summed E-state index contributed by atoms with van der Waals surface area (Å²) in [6.07, 6.45) is 4.77. The number of carbonyl (C=O) groups is 1. The fraction of sp³-hybridized carbons (Fsp3) is 0.357. The van der Waals surface area contributed by atoms with Crippen molar-refractivity contribution >= 4 is 17.4 Å². The van der Waals surface area contributed by atoms with Crippen molar-refractivity contribution in [1.29, 1.82) is 0 Å². The molecule has 3 heterocycles. The van der Waals surface area contributed by atoms with Crippen molar-refractivity contribution in [2.45, 2.75) is 33.1 Å². The Morgan fingerprint density at radius 2 is 1.91 bits per heavy atom. The first-order valence-corrected chi connectivity index (χ1v) is 12.1. The van der Waals surface area contributed by atoms with E-state index in [-0.39, 0.29) is 11.7 Å². The number of nitrogens with one attached hydrogen (secondary N) is 1. The average molecular weight is 459 g/mol. The van der Waals surface area contributed by atoms with Gasteiger partial charge < -0.3 is 16.0 Å².